The molecule has 3 aliphatic heterocycles. The number of nitrogens with two attached hydrogens (primary N) is 3. The summed E-state index contributed by atoms with van der Waals surface area (Å²) in [6, 6.07) is 51.5. The van der Waals surface area contributed by atoms with Crippen molar-refractivity contribution in [1.82, 2.24) is 39.7 Å². The third-order valence-electron chi connectivity index (χ3n) is 17.0. The Hall–Kier alpha value is -8.73. The molecule has 18 heteroatoms. The summed E-state index contributed by atoms with van der Waals surface area (Å²) >= 11 is 0. The summed E-state index contributed by atoms with van der Waals surface area (Å²) in [6.45, 7) is 13.4. The Bertz CT molecular complexity index is 3860. The quantitative estimate of drug-likeness (QED) is 0.0242. The molecule has 1 saturated heterocycles. The van der Waals surface area contributed by atoms with Gasteiger partial charge in [0.2, 0.25) is 0 Å². The predicted molar refractivity (Wildman–Crippen MR) is 352 cm³/mol. The van der Waals surface area contributed by atoms with Gasteiger partial charge in [-0.2, -0.15) is 10.2 Å². The van der Waals surface area contributed by atoms with Gasteiger partial charge in [0, 0.05) is 105 Å². The number of nitrogens with one attached hydrogen (secondary N) is 1. The average molecular weight is 1220 g/mol. The van der Waals surface area contributed by atoms with Crippen LogP contribution >= 0.6 is 7.92 Å². The van der Waals surface area contributed by atoms with Gasteiger partial charge in [-0.3, -0.25) is 9.80 Å². The van der Waals surface area contributed by atoms with E-state index in [0.717, 1.165) is 119 Å². The van der Waals surface area contributed by atoms with E-state index >= 15 is 0 Å². The highest BCUT2D eigenvalue weighted by atomic mass is 31.1. The molecule has 89 heavy (non-hydrogen) atoms. The molecule has 6 aromatic carbocycles. The lowest BCUT2D eigenvalue weighted by Gasteiger charge is -2.29. The first kappa shape index (κ1) is 61.9. The lowest BCUT2D eigenvalue weighted by Crippen LogP contribution is -2.29. The van der Waals surface area contributed by atoms with Crippen LogP contribution in [0.1, 0.15) is 125 Å². The highest BCUT2D eigenvalue weighted by Gasteiger charge is 2.46. The summed E-state index contributed by atoms with van der Waals surface area (Å²) < 4.78 is 26.7. The number of hydrogen-bond acceptors (Lipinski definition) is 15. The summed E-state index contributed by atoms with van der Waals surface area (Å²) in [4.78, 5) is 30.9. The number of esters is 2. The van der Waals surface area contributed by atoms with E-state index < -0.39 is 7.92 Å². The number of hydrogen-bond donors (Lipinski definition) is 4. The van der Waals surface area contributed by atoms with Crippen LogP contribution in [0.25, 0.3) is 33.6 Å². The lowest BCUT2D eigenvalue weighted by atomic mass is 9.99. The van der Waals surface area contributed by atoms with Gasteiger partial charge in [0.15, 0.2) is 0 Å². The van der Waals surface area contributed by atoms with E-state index in [-0.39, 0.29) is 29.4 Å². The minimum Gasteiger partial charge on any atom is -0.492 e. The number of fused-ring (bicyclic) bond motifs is 2. The zero-order valence-corrected chi connectivity index (χ0v) is 52.7. The Morgan fingerprint density at radius 1 is 0.652 bits per heavy atom. The van der Waals surface area contributed by atoms with E-state index in [1.165, 1.54) is 27.3 Å². The van der Waals surface area contributed by atoms with Gasteiger partial charge in [0.1, 0.15) is 35.8 Å². The number of allylic oxidation sites excluding steroid dienone is 1. The molecule has 8 aromatic rings. The van der Waals surface area contributed by atoms with Gasteiger partial charge in [-0.15, -0.1) is 0 Å². The van der Waals surface area contributed by atoms with Gasteiger partial charge in [-0.1, -0.05) is 111 Å². The maximum atomic E-state index is 13.0. The second-order valence-electron chi connectivity index (χ2n) is 23.0. The molecule has 1 saturated carbocycles. The maximum Gasteiger partial charge on any atom is 0.341 e. The van der Waals surface area contributed by atoms with Gasteiger partial charge in [-0.05, 0) is 129 Å². The van der Waals surface area contributed by atoms with E-state index in [0.29, 0.717) is 49.6 Å². The van der Waals surface area contributed by atoms with Crippen molar-refractivity contribution in [3.63, 3.8) is 0 Å². The maximum absolute atomic E-state index is 13.0. The molecule has 462 valence electrons. The molecular weight excluding hydrogens is 1130 g/mol. The standard InChI is InChI=1S/C36H41N5O3.C35H41N6O3P/c1-4-33-28-14-6-7-15-34(28)44-17-16-40(33)23-24-10-8-11-25(18-24)26-12-9-13-27(19-26)41-35(30-20-29(30)32(37)22-38-3)31(21-39-41)36(42)43-5-2;1-4-30-28-14-6-7-15-31(28)44-17-16-40(30)21-24-10-8-11-25(18-24)26-12-9-13-27(19-26)41-34(29(20-38-41)35(42)43-5-2)32-23-45(32)33(36)22-39(3)37/h6-15,18-19,21-22,29-30,33,38H,4-5,16-17,20,23,37H2,1-3H3;6-15,18-20,22,30,32H,4-5,16-17,21,23,36-37H2,1-3H3/b32-22-;33-22+/t29?,30-,33?;30-,32+,45?/m11/s1. The molecule has 0 bridgehead atoms. The van der Waals surface area contributed by atoms with Crippen LogP contribution in [0.4, 0.5) is 0 Å². The molecule has 5 heterocycles. The SMILES string of the molecule is CCOC(=O)c1cnn(-c2cccc(-c3cccc(CN4CCOc5ccccc5C4CC)c3)c2)c1[C@@H]1CC1/C(N)=C/NC.CCOC(=O)c1cnn(-c2cccc(-c3cccc(CN4CCOc5ccccc5[C@H]4CC)c3)c2)c1[C@@H]1CP1/C(N)=C/N(C)N. The molecule has 1 aliphatic carbocycles. The van der Waals surface area contributed by atoms with Crippen LogP contribution < -0.4 is 32.1 Å². The fourth-order valence-electron chi connectivity index (χ4n) is 12.8. The number of carbonyl (C=O) groups excluding carboxylic acids is 2. The lowest BCUT2D eigenvalue weighted by molar-refractivity contribution is 0.0515. The van der Waals surface area contributed by atoms with E-state index in [1.807, 2.05) is 72.9 Å². The number of carbonyl (C=O) groups is 2. The van der Waals surface area contributed by atoms with Crippen molar-refractivity contribution in [3.8, 4) is 45.1 Å². The molecule has 7 N–H and O–H groups in total. The fourth-order valence-corrected chi connectivity index (χ4v) is 14.9. The van der Waals surface area contributed by atoms with Crippen molar-refractivity contribution < 1.29 is 28.5 Å². The Kier molecular flexibility index (Phi) is 19.6. The van der Waals surface area contributed by atoms with Crippen molar-refractivity contribution in [2.75, 3.05) is 59.8 Å². The van der Waals surface area contributed by atoms with Crippen molar-refractivity contribution >= 4 is 19.9 Å². The summed E-state index contributed by atoms with van der Waals surface area (Å²) in [7, 11) is 2.92. The van der Waals surface area contributed by atoms with E-state index in [9.17, 15) is 9.59 Å². The van der Waals surface area contributed by atoms with E-state index in [4.69, 9.17) is 41.4 Å². The van der Waals surface area contributed by atoms with Gasteiger partial charge >= 0.3 is 11.9 Å². The zero-order valence-electron chi connectivity index (χ0n) is 51.8. The minimum absolute atomic E-state index is 0.0859. The number of rotatable bonds is 20. The minimum atomic E-state index is -0.668. The molecule has 3 unspecified atom stereocenters. The van der Waals surface area contributed by atoms with Crippen LogP contribution in [0.15, 0.2) is 182 Å². The van der Waals surface area contributed by atoms with Crippen LogP contribution in [-0.4, -0.2) is 106 Å². The normalized spacial score (nSPS) is 19.8. The number of hydrazine groups is 1. The zero-order chi connectivity index (χ0) is 62.1. The van der Waals surface area contributed by atoms with Crippen molar-refractivity contribution in [2.45, 2.75) is 83.7 Å². The molecule has 6 atom stereocenters. The second kappa shape index (κ2) is 28.2. The van der Waals surface area contributed by atoms with Crippen molar-refractivity contribution in [2.24, 2.45) is 23.2 Å². The summed E-state index contributed by atoms with van der Waals surface area (Å²) in [5.74, 6) is 7.32. The molecule has 2 fully saturated rings. The third kappa shape index (κ3) is 13.9. The molecular formula is C71H82N11O6P. The fraction of sp³-hybridized carbons (Fsp3) is 0.324. The number of benzene rings is 6. The first-order chi connectivity index (χ1) is 43.4. The molecule has 0 radical (unpaired) electrons. The third-order valence-corrected chi connectivity index (χ3v) is 19.3. The smallest absolute Gasteiger partial charge is 0.341 e. The Morgan fingerprint density at radius 3 is 1.61 bits per heavy atom. The summed E-state index contributed by atoms with van der Waals surface area (Å²) in [5, 5.41) is 13.9. The van der Waals surface area contributed by atoms with Gasteiger partial charge in [0.25, 0.3) is 0 Å². The van der Waals surface area contributed by atoms with Gasteiger partial charge < -0.3 is 40.7 Å². The topological polar surface area (TPSA) is 207 Å². The van der Waals surface area contributed by atoms with Gasteiger partial charge in [-0.25, -0.2) is 24.8 Å². The second-order valence-corrected chi connectivity index (χ2v) is 25.4. The molecule has 17 nitrogen and oxygen atoms in total. The van der Waals surface area contributed by atoms with Gasteiger partial charge in [0.05, 0.1) is 48.4 Å². The number of nitrogens with zero attached hydrogens (tertiary/aromatic N) is 7. The monoisotopic (exact) mass is 1220 g/mol. The largest absolute Gasteiger partial charge is 0.492 e. The van der Waals surface area contributed by atoms with Crippen molar-refractivity contribution in [3.05, 3.63) is 226 Å². The molecule has 4 aliphatic rings. The van der Waals surface area contributed by atoms with Crippen molar-refractivity contribution in [1.29, 1.82) is 0 Å². The summed E-state index contributed by atoms with van der Waals surface area (Å²) in [6.07, 6.45) is 10.6. The molecule has 12 rings (SSSR count). The predicted octanol–water partition coefficient (Wildman–Crippen LogP) is 12.3. The highest BCUT2D eigenvalue weighted by molar-refractivity contribution is 7.69. The highest BCUT2D eigenvalue weighted by Crippen LogP contribution is 2.73. The number of ether oxygens (including phenoxy) is 4. The Morgan fingerprint density at radius 2 is 1.12 bits per heavy atom. The Labute approximate surface area is 523 Å². The Balaban J connectivity index is 0.000000184. The first-order valence-electron chi connectivity index (χ1n) is 31.0. The van der Waals surface area contributed by atoms with Crippen LogP contribution in [0.2, 0.25) is 0 Å². The van der Waals surface area contributed by atoms with Crippen LogP contribution in [0.5, 0.6) is 11.5 Å². The first-order valence-corrected chi connectivity index (χ1v) is 32.6. The summed E-state index contributed by atoms with van der Waals surface area (Å²) in [5.41, 5.74) is 28.2. The van der Waals surface area contributed by atoms with Crippen LogP contribution in [-0.2, 0) is 22.6 Å². The molecule has 0 spiro atoms. The van der Waals surface area contributed by atoms with E-state index in [2.05, 4.69) is 143 Å². The number of para-hydroxylation sites is 2. The van der Waals surface area contributed by atoms with Crippen LogP contribution in [0, 0.1) is 5.92 Å². The average Bonchev–Trinajstić information content (AvgIpc) is 1.81. The molecule has 0 amide bonds. The molecule has 2 aromatic heterocycles. The van der Waals surface area contributed by atoms with Crippen LogP contribution in [0.3, 0.4) is 0 Å². The van der Waals surface area contributed by atoms with E-state index in [1.54, 1.807) is 25.6 Å². The number of aromatic nitrogens is 4.